The highest BCUT2D eigenvalue weighted by Crippen LogP contribution is 2.44. The van der Waals surface area contributed by atoms with Crippen LogP contribution in [0.3, 0.4) is 0 Å². The van der Waals surface area contributed by atoms with Gasteiger partial charge in [0.05, 0.1) is 15.9 Å². The molecule has 1 aromatic heterocycles. The number of pyridine rings is 1. The number of rotatable bonds is 1. The van der Waals surface area contributed by atoms with Crippen molar-refractivity contribution in [3.8, 4) is 0 Å². The van der Waals surface area contributed by atoms with E-state index in [4.69, 9.17) is 4.74 Å². The Hall–Kier alpha value is -1.76. The molecule has 1 aromatic rings. The van der Waals surface area contributed by atoms with E-state index in [0.29, 0.717) is 19.5 Å². The summed E-state index contributed by atoms with van der Waals surface area (Å²) >= 11 is 0. The van der Waals surface area contributed by atoms with E-state index in [0.717, 1.165) is 29.8 Å². The second-order valence-electron chi connectivity index (χ2n) is 9.64. The number of carbonyl (C=O) groups excluding carboxylic acids is 1. The third kappa shape index (κ3) is 4.14. The highest BCUT2D eigenvalue weighted by atomic mass is 32.2. The third-order valence-corrected chi connectivity index (χ3v) is 6.67. The van der Waals surface area contributed by atoms with Gasteiger partial charge in [0.25, 0.3) is 0 Å². The molecule has 1 amide bonds. The number of hydrogen-bond donors (Lipinski definition) is 0. The van der Waals surface area contributed by atoms with Gasteiger partial charge in [-0.3, -0.25) is 4.98 Å². The van der Waals surface area contributed by atoms with Crippen molar-refractivity contribution in [1.82, 2.24) is 9.88 Å². The highest BCUT2D eigenvalue weighted by Gasteiger charge is 2.48. The second-order valence-corrected chi connectivity index (χ2v) is 11.5. The molecule has 0 N–H and O–H groups in total. The highest BCUT2D eigenvalue weighted by molar-refractivity contribution is 7.85. The Labute approximate surface area is 170 Å². The lowest BCUT2D eigenvalue weighted by Crippen LogP contribution is -2.49. The number of ether oxygens (including phenoxy) is 1. The zero-order valence-corrected chi connectivity index (χ0v) is 18.6. The molecule has 0 radical (unpaired) electrons. The van der Waals surface area contributed by atoms with E-state index >= 15 is 0 Å². The summed E-state index contributed by atoms with van der Waals surface area (Å²) in [6, 6.07) is 4.01. The normalized spacial score (nSPS) is 21.6. The van der Waals surface area contributed by atoms with Gasteiger partial charge in [-0.25, -0.2) is 9.00 Å². The molecule has 0 bridgehead atoms. The quantitative estimate of drug-likeness (QED) is 0.712. The van der Waals surface area contributed by atoms with Crippen LogP contribution in [0.2, 0.25) is 0 Å². The molecule has 0 unspecified atom stereocenters. The Morgan fingerprint density at radius 1 is 1.21 bits per heavy atom. The van der Waals surface area contributed by atoms with Crippen LogP contribution in [0.15, 0.2) is 22.7 Å². The van der Waals surface area contributed by atoms with Crippen LogP contribution in [0, 0.1) is 0 Å². The van der Waals surface area contributed by atoms with Gasteiger partial charge in [0.1, 0.15) is 16.6 Å². The van der Waals surface area contributed by atoms with E-state index in [-0.39, 0.29) is 11.5 Å². The van der Waals surface area contributed by atoms with Crippen molar-refractivity contribution in [3.63, 3.8) is 0 Å². The molecule has 1 aliphatic carbocycles. The minimum absolute atomic E-state index is 0.279. The number of carbonyl (C=O) groups is 1. The minimum Gasteiger partial charge on any atom is -0.444 e. The molecular weight excluding hydrogens is 374 g/mol. The molecule has 7 heteroatoms. The lowest BCUT2D eigenvalue weighted by Gasteiger charge is -2.40. The van der Waals surface area contributed by atoms with Gasteiger partial charge < -0.3 is 9.64 Å². The van der Waals surface area contributed by atoms with Gasteiger partial charge in [-0.15, -0.1) is 0 Å². The maximum atomic E-state index is 12.7. The zero-order valence-electron chi connectivity index (χ0n) is 17.7. The van der Waals surface area contributed by atoms with Gasteiger partial charge in [0.15, 0.2) is 0 Å². The molecule has 1 aliphatic heterocycles. The molecule has 1 spiro atoms. The first-order valence-electron chi connectivity index (χ1n) is 9.85. The monoisotopic (exact) mass is 405 g/mol. The lowest BCUT2D eigenvalue weighted by atomic mass is 9.75. The van der Waals surface area contributed by atoms with E-state index in [2.05, 4.69) is 15.4 Å². The van der Waals surface area contributed by atoms with Crippen molar-refractivity contribution in [2.75, 3.05) is 13.1 Å². The minimum atomic E-state index is -1.32. The summed E-state index contributed by atoms with van der Waals surface area (Å²) in [7, 11) is -1.32. The molecule has 154 valence electrons. The number of likely N-dealkylation sites (tertiary alicyclic amines) is 1. The fourth-order valence-corrected chi connectivity index (χ4v) is 4.49. The summed E-state index contributed by atoms with van der Waals surface area (Å²) in [5.74, 6) is 0. The average Bonchev–Trinajstić information content (AvgIpc) is 2.87. The van der Waals surface area contributed by atoms with Crippen molar-refractivity contribution in [2.45, 2.75) is 76.6 Å². The molecule has 1 saturated heterocycles. The van der Waals surface area contributed by atoms with Crippen LogP contribution >= 0.6 is 0 Å². The van der Waals surface area contributed by atoms with E-state index in [9.17, 15) is 9.00 Å². The summed E-state index contributed by atoms with van der Waals surface area (Å²) in [5.41, 5.74) is 2.28. The molecule has 2 aliphatic rings. The Morgan fingerprint density at radius 3 is 2.43 bits per heavy atom. The molecule has 3 rings (SSSR count). The molecule has 2 heterocycles. The smallest absolute Gasteiger partial charge is 0.410 e. The molecule has 28 heavy (non-hydrogen) atoms. The molecule has 0 saturated carbocycles. The summed E-state index contributed by atoms with van der Waals surface area (Å²) in [6.45, 7) is 12.6. The number of amides is 1. The SMILES string of the molecule is CC(C)(C)OC(=O)N1CCC2(CC1)C(=N[S@](=O)C(C)(C)C)Cc1cccnc12. The Morgan fingerprint density at radius 2 is 1.86 bits per heavy atom. The van der Waals surface area contributed by atoms with Crippen molar-refractivity contribution in [2.24, 2.45) is 4.40 Å². The fourth-order valence-electron chi connectivity index (χ4n) is 3.78. The predicted octanol–water partition coefficient (Wildman–Crippen LogP) is 3.81. The first-order valence-corrected chi connectivity index (χ1v) is 11.0. The number of hydrogen-bond acceptors (Lipinski definition) is 4. The average molecular weight is 406 g/mol. The standard InChI is InChI=1S/C21H31N3O3S/c1-19(2,3)27-18(25)24-12-9-21(10-13-24)16(23-28(26)20(4,5)6)14-15-8-7-11-22-17(15)21/h7-8,11H,9-10,12-14H2,1-6H3/t28-/m1/s1. The summed E-state index contributed by atoms with van der Waals surface area (Å²) in [6.07, 6.45) is 3.65. The Kier molecular flexibility index (Phi) is 5.42. The molecule has 1 atom stereocenters. The van der Waals surface area contributed by atoms with E-state index in [1.54, 1.807) is 4.90 Å². The molecular formula is C21H31N3O3S. The maximum Gasteiger partial charge on any atom is 0.410 e. The number of piperidine rings is 1. The van der Waals surface area contributed by atoms with Crippen LogP contribution < -0.4 is 0 Å². The predicted molar refractivity (Wildman–Crippen MR) is 112 cm³/mol. The second kappa shape index (κ2) is 7.25. The first kappa shape index (κ1) is 21.0. The van der Waals surface area contributed by atoms with E-state index in [1.165, 1.54) is 0 Å². The van der Waals surface area contributed by atoms with Crippen LogP contribution in [0.25, 0.3) is 0 Å². The van der Waals surface area contributed by atoms with Gasteiger partial charge in [-0.05, 0) is 66.0 Å². The zero-order chi connectivity index (χ0) is 20.7. The van der Waals surface area contributed by atoms with Gasteiger partial charge in [0, 0.05) is 31.4 Å². The maximum absolute atomic E-state index is 12.7. The Bertz CT molecular complexity index is 813. The topological polar surface area (TPSA) is 71.9 Å². The van der Waals surface area contributed by atoms with Gasteiger partial charge >= 0.3 is 6.09 Å². The van der Waals surface area contributed by atoms with Gasteiger partial charge in [0.2, 0.25) is 0 Å². The summed E-state index contributed by atoms with van der Waals surface area (Å²) < 4.78 is 22.5. The van der Waals surface area contributed by atoms with Crippen molar-refractivity contribution in [1.29, 1.82) is 0 Å². The molecule has 6 nitrogen and oxygen atoms in total. The van der Waals surface area contributed by atoms with Crippen LogP contribution in [0.4, 0.5) is 4.79 Å². The summed E-state index contributed by atoms with van der Waals surface area (Å²) in [5, 5.41) is 0. The summed E-state index contributed by atoms with van der Waals surface area (Å²) in [4.78, 5) is 18.9. The largest absolute Gasteiger partial charge is 0.444 e. The molecule has 1 fully saturated rings. The van der Waals surface area contributed by atoms with Crippen LogP contribution in [-0.4, -0.2) is 49.3 Å². The third-order valence-electron chi connectivity index (χ3n) is 5.24. The number of fused-ring (bicyclic) bond motifs is 2. The first-order chi connectivity index (χ1) is 12.9. The number of aromatic nitrogens is 1. The van der Waals surface area contributed by atoms with Crippen molar-refractivity contribution in [3.05, 3.63) is 29.6 Å². The van der Waals surface area contributed by atoms with E-state index < -0.39 is 21.3 Å². The van der Waals surface area contributed by atoms with Crippen molar-refractivity contribution >= 4 is 22.8 Å². The van der Waals surface area contributed by atoms with Gasteiger partial charge in [-0.1, -0.05) is 6.07 Å². The van der Waals surface area contributed by atoms with Crippen LogP contribution in [0.1, 0.15) is 65.6 Å². The molecule has 0 aromatic carbocycles. The van der Waals surface area contributed by atoms with Gasteiger partial charge in [-0.2, -0.15) is 4.40 Å². The Balaban J connectivity index is 1.88. The van der Waals surface area contributed by atoms with Crippen LogP contribution in [-0.2, 0) is 27.6 Å². The number of nitrogens with zero attached hydrogens (tertiary/aromatic N) is 3. The van der Waals surface area contributed by atoms with Crippen molar-refractivity contribution < 1.29 is 13.7 Å². The van der Waals surface area contributed by atoms with Crippen LogP contribution in [0.5, 0.6) is 0 Å². The van der Waals surface area contributed by atoms with E-state index in [1.807, 2.05) is 53.8 Å². The fraction of sp³-hybridized carbons (Fsp3) is 0.667. The lowest BCUT2D eigenvalue weighted by molar-refractivity contribution is 0.0189.